The lowest BCUT2D eigenvalue weighted by Crippen LogP contribution is -2.33. The molecular formula is C7H11F3N2O. The molecule has 6 heteroatoms. The Bertz CT molecular complexity index is 200. The summed E-state index contributed by atoms with van der Waals surface area (Å²) in [4.78, 5) is 10.2. The Morgan fingerprint density at radius 1 is 1.62 bits per heavy atom. The van der Waals surface area contributed by atoms with Gasteiger partial charge in [0.05, 0.1) is 0 Å². The molecule has 0 spiro atoms. The van der Waals surface area contributed by atoms with Gasteiger partial charge < -0.3 is 0 Å². The van der Waals surface area contributed by atoms with Crippen LogP contribution in [0.1, 0.15) is 20.3 Å². The number of halogens is 3. The third kappa shape index (κ3) is 5.21. The summed E-state index contributed by atoms with van der Waals surface area (Å²) in [6, 6.07) is 0. The molecule has 0 aliphatic heterocycles. The van der Waals surface area contributed by atoms with Crippen LogP contribution in [-0.2, 0) is 4.79 Å². The molecule has 0 aliphatic carbocycles. The number of amides is 1. The van der Waals surface area contributed by atoms with Gasteiger partial charge in [-0.1, -0.05) is 13.8 Å². The van der Waals surface area contributed by atoms with E-state index >= 15 is 0 Å². The van der Waals surface area contributed by atoms with Gasteiger partial charge in [0.2, 0.25) is 0 Å². The zero-order chi connectivity index (χ0) is 10.5. The number of carbonyl (C=O) groups is 1. The normalized spacial score (nSPS) is 14.5. The second kappa shape index (κ2) is 4.84. The fourth-order valence-electron chi connectivity index (χ4n) is 0.392. The molecule has 0 saturated heterocycles. The van der Waals surface area contributed by atoms with Gasteiger partial charge in [0, 0.05) is 6.21 Å². The first kappa shape index (κ1) is 11.9. The number of nitrogens with one attached hydrogen (secondary N) is 1. The van der Waals surface area contributed by atoms with Crippen LogP contribution in [0.5, 0.6) is 0 Å². The Kier molecular flexibility index (Phi) is 4.44. The zero-order valence-electron chi connectivity index (χ0n) is 7.35. The van der Waals surface area contributed by atoms with Crippen molar-refractivity contribution in [1.29, 1.82) is 0 Å². The fourth-order valence-corrected chi connectivity index (χ4v) is 0.392. The van der Waals surface area contributed by atoms with Crippen molar-refractivity contribution in [1.82, 2.24) is 5.43 Å². The summed E-state index contributed by atoms with van der Waals surface area (Å²) in [7, 11) is 0. The minimum atomic E-state index is -4.87. The molecule has 1 atom stereocenters. The van der Waals surface area contributed by atoms with E-state index in [1.54, 1.807) is 6.92 Å². The molecule has 0 radical (unpaired) electrons. The van der Waals surface area contributed by atoms with Gasteiger partial charge in [0.1, 0.15) is 0 Å². The Balaban J connectivity index is 3.90. The smallest absolute Gasteiger partial charge is 0.263 e. The lowest BCUT2D eigenvalue weighted by atomic mass is 10.1. The summed E-state index contributed by atoms with van der Waals surface area (Å²) < 4.78 is 34.7. The van der Waals surface area contributed by atoms with Gasteiger partial charge >= 0.3 is 12.1 Å². The number of nitrogens with zero attached hydrogens (tertiary/aromatic N) is 1. The molecule has 0 heterocycles. The van der Waals surface area contributed by atoms with E-state index in [9.17, 15) is 18.0 Å². The molecule has 0 aliphatic rings. The third-order valence-corrected chi connectivity index (χ3v) is 1.40. The van der Waals surface area contributed by atoms with Crippen LogP contribution in [0, 0.1) is 5.92 Å². The summed E-state index contributed by atoms with van der Waals surface area (Å²) in [5, 5.41) is 3.16. The molecule has 0 aromatic heterocycles. The van der Waals surface area contributed by atoms with Gasteiger partial charge in [-0.3, -0.25) is 4.79 Å². The molecule has 0 aromatic carbocycles. The Labute approximate surface area is 74.0 Å². The average molecular weight is 196 g/mol. The van der Waals surface area contributed by atoms with E-state index in [1.165, 1.54) is 11.6 Å². The molecule has 1 unspecified atom stereocenters. The largest absolute Gasteiger partial charge is 0.473 e. The van der Waals surface area contributed by atoms with Crippen LogP contribution in [-0.4, -0.2) is 18.3 Å². The van der Waals surface area contributed by atoms with Crippen molar-refractivity contribution in [2.45, 2.75) is 26.4 Å². The molecule has 0 bridgehead atoms. The van der Waals surface area contributed by atoms with Crippen LogP contribution in [0.25, 0.3) is 0 Å². The van der Waals surface area contributed by atoms with E-state index < -0.39 is 12.1 Å². The van der Waals surface area contributed by atoms with Gasteiger partial charge in [-0.2, -0.15) is 18.3 Å². The molecule has 13 heavy (non-hydrogen) atoms. The molecule has 0 saturated carbocycles. The Morgan fingerprint density at radius 2 is 2.15 bits per heavy atom. The highest BCUT2D eigenvalue weighted by Crippen LogP contribution is 2.13. The molecule has 0 fully saturated rings. The first-order chi connectivity index (χ1) is 5.88. The van der Waals surface area contributed by atoms with Gasteiger partial charge in [-0.05, 0) is 12.3 Å². The van der Waals surface area contributed by atoms with Crippen LogP contribution in [0.4, 0.5) is 13.2 Å². The topological polar surface area (TPSA) is 41.5 Å². The Hall–Kier alpha value is -1.07. The zero-order valence-corrected chi connectivity index (χ0v) is 7.35. The summed E-state index contributed by atoms with van der Waals surface area (Å²) >= 11 is 0. The van der Waals surface area contributed by atoms with Crippen LogP contribution in [0.2, 0.25) is 0 Å². The number of rotatable bonds is 3. The summed E-state index contributed by atoms with van der Waals surface area (Å²) in [6.45, 7) is 3.64. The predicted octanol–water partition coefficient (Wildman–Crippen LogP) is 1.70. The predicted molar refractivity (Wildman–Crippen MR) is 42.1 cm³/mol. The van der Waals surface area contributed by atoms with Crippen LogP contribution >= 0.6 is 0 Å². The van der Waals surface area contributed by atoms with Crippen molar-refractivity contribution >= 4 is 12.1 Å². The van der Waals surface area contributed by atoms with Crippen molar-refractivity contribution < 1.29 is 18.0 Å². The quantitative estimate of drug-likeness (QED) is 0.541. The minimum Gasteiger partial charge on any atom is -0.263 e. The highest BCUT2D eigenvalue weighted by atomic mass is 19.4. The van der Waals surface area contributed by atoms with E-state index in [2.05, 4.69) is 5.10 Å². The van der Waals surface area contributed by atoms with Crippen molar-refractivity contribution in [3.05, 3.63) is 0 Å². The molecule has 0 rings (SSSR count). The maximum Gasteiger partial charge on any atom is 0.473 e. The highest BCUT2D eigenvalue weighted by molar-refractivity contribution is 5.82. The van der Waals surface area contributed by atoms with Crippen molar-refractivity contribution in [3.8, 4) is 0 Å². The average Bonchev–Trinajstić information content (AvgIpc) is 2.02. The number of hydrazone groups is 1. The summed E-state index contributed by atoms with van der Waals surface area (Å²) in [6.07, 6.45) is -2.85. The van der Waals surface area contributed by atoms with Crippen molar-refractivity contribution in [2.75, 3.05) is 0 Å². The number of alkyl halides is 3. The monoisotopic (exact) mass is 196 g/mol. The van der Waals surface area contributed by atoms with Gasteiger partial charge in [0.15, 0.2) is 0 Å². The number of carbonyl (C=O) groups excluding carboxylic acids is 1. The lowest BCUT2D eigenvalue weighted by molar-refractivity contribution is -0.173. The van der Waals surface area contributed by atoms with E-state index in [-0.39, 0.29) is 5.92 Å². The SMILES string of the molecule is CCC(C)/C=N/NC(=O)C(F)(F)F. The van der Waals surface area contributed by atoms with Crippen LogP contribution < -0.4 is 5.43 Å². The lowest BCUT2D eigenvalue weighted by Gasteiger charge is -2.03. The number of hydrogen-bond donors (Lipinski definition) is 1. The second-order valence-electron chi connectivity index (χ2n) is 2.60. The number of hydrogen-bond acceptors (Lipinski definition) is 2. The first-order valence-corrected chi connectivity index (χ1v) is 3.78. The molecule has 1 N–H and O–H groups in total. The maximum atomic E-state index is 11.6. The van der Waals surface area contributed by atoms with Gasteiger partial charge in [-0.25, -0.2) is 5.43 Å². The first-order valence-electron chi connectivity index (χ1n) is 3.78. The highest BCUT2D eigenvalue weighted by Gasteiger charge is 2.38. The van der Waals surface area contributed by atoms with E-state index in [0.29, 0.717) is 0 Å². The van der Waals surface area contributed by atoms with Crippen molar-refractivity contribution in [2.24, 2.45) is 11.0 Å². The summed E-state index contributed by atoms with van der Waals surface area (Å²) in [5.41, 5.74) is 1.39. The van der Waals surface area contributed by atoms with Crippen LogP contribution in [0.15, 0.2) is 5.10 Å². The fraction of sp³-hybridized carbons (Fsp3) is 0.714. The maximum absolute atomic E-state index is 11.6. The molecule has 1 amide bonds. The molecule has 0 aromatic rings. The molecule has 3 nitrogen and oxygen atoms in total. The Morgan fingerprint density at radius 3 is 2.54 bits per heavy atom. The van der Waals surface area contributed by atoms with Gasteiger partial charge in [0.25, 0.3) is 0 Å². The van der Waals surface area contributed by atoms with Crippen molar-refractivity contribution in [3.63, 3.8) is 0 Å². The van der Waals surface area contributed by atoms with E-state index in [0.717, 1.165) is 6.42 Å². The third-order valence-electron chi connectivity index (χ3n) is 1.40. The standard InChI is InChI=1S/C7H11F3N2O/c1-3-5(2)4-11-12-6(13)7(8,9)10/h4-5H,3H2,1-2H3,(H,12,13)/b11-4+. The van der Waals surface area contributed by atoms with Gasteiger partial charge in [-0.15, -0.1) is 0 Å². The van der Waals surface area contributed by atoms with E-state index in [1.807, 2.05) is 6.92 Å². The molecule has 76 valence electrons. The van der Waals surface area contributed by atoms with E-state index in [4.69, 9.17) is 0 Å². The van der Waals surface area contributed by atoms with Crippen LogP contribution in [0.3, 0.4) is 0 Å². The second-order valence-corrected chi connectivity index (χ2v) is 2.60. The molecular weight excluding hydrogens is 185 g/mol. The summed E-state index contributed by atoms with van der Waals surface area (Å²) in [5.74, 6) is -2.00. The minimum absolute atomic E-state index is 0.0496.